The lowest BCUT2D eigenvalue weighted by molar-refractivity contribution is -0.132. The molecule has 1 aliphatic rings. The summed E-state index contributed by atoms with van der Waals surface area (Å²) in [6, 6.07) is -2.45. The van der Waals surface area contributed by atoms with Crippen molar-refractivity contribution in [2.45, 2.75) is 71.2 Å². The molecule has 1 heterocycles. The van der Waals surface area contributed by atoms with Gasteiger partial charge in [0.25, 0.3) is 0 Å². The van der Waals surface area contributed by atoms with E-state index >= 15 is 0 Å². The smallest absolute Gasteiger partial charge is 0.244 e. The maximum absolute atomic E-state index is 12.8. The van der Waals surface area contributed by atoms with E-state index in [0.29, 0.717) is 18.1 Å². The molecule has 4 amide bonds. The van der Waals surface area contributed by atoms with Crippen molar-refractivity contribution >= 4 is 35.4 Å². The van der Waals surface area contributed by atoms with Crippen LogP contribution in [0.1, 0.15) is 47.0 Å². The van der Waals surface area contributed by atoms with Gasteiger partial charge in [0.15, 0.2) is 0 Å². The molecule has 0 bridgehead atoms. The molecule has 0 unspecified atom stereocenters. The Labute approximate surface area is 206 Å². The summed E-state index contributed by atoms with van der Waals surface area (Å²) < 4.78 is 5.63. The van der Waals surface area contributed by atoms with Gasteiger partial charge in [0.05, 0.1) is 25.4 Å². The molecule has 11 heteroatoms. The molecule has 1 aliphatic heterocycles. The molecular formula is C23H40N4O6S. The van der Waals surface area contributed by atoms with Crippen LogP contribution in [-0.2, 0) is 23.9 Å². The van der Waals surface area contributed by atoms with Crippen molar-refractivity contribution in [3.63, 3.8) is 0 Å². The van der Waals surface area contributed by atoms with Crippen LogP contribution >= 0.6 is 11.8 Å². The minimum Gasteiger partial charge on any atom is -0.391 e. The van der Waals surface area contributed by atoms with Crippen molar-refractivity contribution in [3.8, 4) is 0 Å². The van der Waals surface area contributed by atoms with E-state index in [1.165, 1.54) is 25.6 Å². The number of amides is 4. The first-order chi connectivity index (χ1) is 16.1. The molecule has 0 saturated heterocycles. The van der Waals surface area contributed by atoms with Gasteiger partial charge < -0.3 is 31.1 Å². The summed E-state index contributed by atoms with van der Waals surface area (Å²) in [5.41, 5.74) is 0. The zero-order valence-corrected chi connectivity index (χ0v) is 21.4. The molecule has 1 rings (SSSR count). The Balaban J connectivity index is 2.86. The van der Waals surface area contributed by atoms with Crippen molar-refractivity contribution < 1.29 is 29.0 Å². The first-order valence-electron chi connectivity index (χ1n) is 11.8. The zero-order chi connectivity index (χ0) is 25.5. The van der Waals surface area contributed by atoms with E-state index in [2.05, 4.69) is 21.3 Å². The molecule has 194 valence electrons. The number of aliphatic hydroxyl groups excluding tert-OH is 1. The van der Waals surface area contributed by atoms with Crippen LogP contribution in [-0.4, -0.2) is 84.2 Å². The first kappa shape index (κ1) is 29.9. The van der Waals surface area contributed by atoms with Gasteiger partial charge >= 0.3 is 0 Å². The minimum atomic E-state index is -1.03. The molecule has 0 radical (unpaired) electrons. The maximum Gasteiger partial charge on any atom is 0.244 e. The molecule has 34 heavy (non-hydrogen) atoms. The van der Waals surface area contributed by atoms with Crippen molar-refractivity contribution in [1.82, 2.24) is 21.3 Å². The third kappa shape index (κ3) is 11.8. The minimum absolute atomic E-state index is 0.0454. The Bertz CT molecular complexity index is 705. The lowest BCUT2D eigenvalue weighted by Crippen LogP contribution is -2.56. The summed E-state index contributed by atoms with van der Waals surface area (Å²) in [5.74, 6) is -0.929. The predicted octanol–water partition coefficient (Wildman–Crippen LogP) is 0.104. The Hall–Kier alpha value is -2.11. The van der Waals surface area contributed by atoms with Crippen LogP contribution in [0.4, 0.5) is 0 Å². The van der Waals surface area contributed by atoms with Gasteiger partial charge in [-0.05, 0) is 19.8 Å². The fourth-order valence-corrected chi connectivity index (χ4v) is 4.09. The number of hydrogen-bond donors (Lipinski definition) is 5. The number of thioether (sulfide) groups is 1. The molecule has 5 atom stereocenters. The Kier molecular flexibility index (Phi) is 14.5. The summed E-state index contributed by atoms with van der Waals surface area (Å²) in [5, 5.41) is 21.6. The maximum atomic E-state index is 12.8. The summed E-state index contributed by atoms with van der Waals surface area (Å²) in [4.78, 5) is 49.2. The average Bonchev–Trinajstić information content (AvgIpc) is 2.78. The fraction of sp³-hybridized carbons (Fsp3) is 0.739. The molecule has 0 saturated carbocycles. The highest BCUT2D eigenvalue weighted by molar-refractivity contribution is 7.99. The highest BCUT2D eigenvalue weighted by atomic mass is 32.2. The number of rotatable bonds is 8. The topological polar surface area (TPSA) is 146 Å². The molecule has 10 nitrogen and oxygen atoms in total. The van der Waals surface area contributed by atoms with Gasteiger partial charge in [-0.1, -0.05) is 32.4 Å². The van der Waals surface area contributed by atoms with Gasteiger partial charge in [-0.25, -0.2) is 0 Å². The monoisotopic (exact) mass is 500 g/mol. The van der Waals surface area contributed by atoms with Gasteiger partial charge in [0.1, 0.15) is 12.1 Å². The van der Waals surface area contributed by atoms with E-state index in [1.54, 1.807) is 6.92 Å². The Morgan fingerprint density at radius 2 is 2.00 bits per heavy atom. The van der Waals surface area contributed by atoms with Crippen molar-refractivity contribution in [2.24, 2.45) is 5.92 Å². The quantitative estimate of drug-likeness (QED) is 0.235. The van der Waals surface area contributed by atoms with Crippen LogP contribution in [0, 0.1) is 5.92 Å². The lowest BCUT2D eigenvalue weighted by atomic mass is 9.97. The number of nitrogens with one attached hydrogen (secondary N) is 4. The third-order valence-electron chi connectivity index (χ3n) is 5.29. The first-order valence-corrected chi connectivity index (χ1v) is 12.9. The fourth-order valence-electron chi connectivity index (χ4n) is 3.21. The van der Waals surface area contributed by atoms with Gasteiger partial charge in [-0.2, -0.15) is 11.8 Å². The lowest BCUT2D eigenvalue weighted by Gasteiger charge is -2.27. The molecule has 0 aromatic carbocycles. The molecular weight excluding hydrogens is 460 g/mol. The van der Waals surface area contributed by atoms with E-state index in [1.807, 2.05) is 19.1 Å². The number of aliphatic hydroxyl groups is 1. The summed E-state index contributed by atoms with van der Waals surface area (Å²) in [6.45, 7) is 7.54. The Morgan fingerprint density at radius 3 is 2.68 bits per heavy atom. The van der Waals surface area contributed by atoms with Crippen molar-refractivity contribution in [2.75, 3.05) is 31.3 Å². The second-order valence-electron chi connectivity index (χ2n) is 8.49. The van der Waals surface area contributed by atoms with E-state index in [9.17, 15) is 24.3 Å². The van der Waals surface area contributed by atoms with Crippen LogP contribution in [0.2, 0.25) is 0 Å². The number of hydrogen-bond acceptors (Lipinski definition) is 7. The van der Waals surface area contributed by atoms with Gasteiger partial charge in [-0.15, -0.1) is 0 Å². The number of ether oxygens (including phenoxy) is 1. The molecule has 0 aromatic rings. The van der Waals surface area contributed by atoms with Crippen molar-refractivity contribution in [3.05, 3.63) is 12.2 Å². The largest absolute Gasteiger partial charge is 0.391 e. The van der Waals surface area contributed by atoms with Gasteiger partial charge in [-0.3, -0.25) is 19.2 Å². The Morgan fingerprint density at radius 1 is 1.26 bits per heavy atom. The van der Waals surface area contributed by atoms with Crippen LogP contribution in [0.25, 0.3) is 0 Å². The molecule has 0 fully saturated rings. The van der Waals surface area contributed by atoms with Crippen LogP contribution in [0.15, 0.2) is 12.2 Å². The molecule has 0 aromatic heterocycles. The number of unbranched alkanes of at least 4 members (excludes halogenated alkanes) is 1. The SMILES string of the molecule is CCCCNC(=O)[C@H](C)C[C@H](O)[C@@H]1COC/C=C/CSC[C@H](NC(C)=O)C(=O)N[C@@H](C)C(=O)N1. The molecule has 0 spiro atoms. The van der Waals surface area contributed by atoms with Crippen LogP contribution < -0.4 is 21.3 Å². The number of carbonyl (C=O) groups excluding carboxylic acids is 4. The summed E-state index contributed by atoms with van der Waals surface area (Å²) in [7, 11) is 0. The third-order valence-corrected chi connectivity index (χ3v) is 6.28. The van der Waals surface area contributed by atoms with E-state index < -0.39 is 42.0 Å². The second kappa shape index (κ2) is 16.5. The van der Waals surface area contributed by atoms with E-state index in [0.717, 1.165) is 12.8 Å². The highest BCUT2D eigenvalue weighted by Gasteiger charge is 2.29. The average molecular weight is 501 g/mol. The molecule has 0 aliphatic carbocycles. The normalized spacial score (nSPS) is 25.5. The van der Waals surface area contributed by atoms with E-state index in [4.69, 9.17) is 4.74 Å². The number of carbonyl (C=O) groups is 4. The highest BCUT2D eigenvalue weighted by Crippen LogP contribution is 2.11. The molecule has 5 N–H and O–H groups in total. The standard InChI is InChI=1S/C23H40N4O6S/c1-5-6-9-24-21(30)15(2)12-20(29)18-13-33-10-7-8-11-34-14-19(26-17(4)28)23(32)25-16(3)22(31)27-18/h7-8,15-16,18-20,29H,5-6,9-14H2,1-4H3,(H,24,30)(H,25,32)(H,26,28)(H,27,31)/b8-7+/t15-,16+,18+,19+,20+/m1/s1. The zero-order valence-electron chi connectivity index (χ0n) is 20.6. The van der Waals surface area contributed by atoms with Crippen LogP contribution in [0.5, 0.6) is 0 Å². The van der Waals surface area contributed by atoms with Crippen LogP contribution in [0.3, 0.4) is 0 Å². The summed E-state index contributed by atoms with van der Waals surface area (Å²) >= 11 is 1.47. The second-order valence-corrected chi connectivity index (χ2v) is 9.57. The van der Waals surface area contributed by atoms with Gasteiger partial charge in [0.2, 0.25) is 23.6 Å². The van der Waals surface area contributed by atoms with Gasteiger partial charge in [0, 0.05) is 30.9 Å². The van der Waals surface area contributed by atoms with Crippen molar-refractivity contribution in [1.29, 1.82) is 0 Å². The van der Waals surface area contributed by atoms with E-state index in [-0.39, 0.29) is 31.4 Å². The predicted molar refractivity (Wildman–Crippen MR) is 132 cm³/mol. The summed E-state index contributed by atoms with van der Waals surface area (Å²) in [6.07, 6.45) is 4.67.